The lowest BCUT2D eigenvalue weighted by Crippen LogP contribution is -2.61. The molecule has 2 saturated heterocycles. The lowest BCUT2D eigenvalue weighted by atomic mass is 9.95. The molecule has 10 N–H and O–H groups in total. The average Bonchev–Trinajstić information content (AvgIpc) is 3.92. The minimum Gasteiger partial charge on any atom is -0.481 e. The predicted octanol–water partition coefficient (Wildman–Crippen LogP) is -0.154. The van der Waals surface area contributed by atoms with Crippen molar-refractivity contribution in [2.24, 2.45) is 35.3 Å². The summed E-state index contributed by atoms with van der Waals surface area (Å²) in [5.74, 6) is -9.54. The number of carboxylic acid groups (broad SMARTS) is 2. The molecular formula is C44H75N9O12. The molecule has 0 aromatic heterocycles. The first-order valence-electron chi connectivity index (χ1n) is 22.9. The van der Waals surface area contributed by atoms with Crippen molar-refractivity contribution in [2.45, 2.75) is 169 Å². The molecule has 0 bridgehead atoms. The zero-order chi connectivity index (χ0) is 49.5. The van der Waals surface area contributed by atoms with Crippen LogP contribution in [0.1, 0.15) is 121 Å². The Morgan fingerprint density at radius 3 is 1.66 bits per heavy atom. The molecule has 0 aromatic rings. The number of likely N-dealkylation sites (tertiary alicyclic amines) is 2. The Morgan fingerprint density at radius 1 is 0.615 bits per heavy atom. The van der Waals surface area contributed by atoms with E-state index in [4.69, 9.17) is 5.73 Å². The molecule has 0 saturated carbocycles. The zero-order valence-electron chi connectivity index (χ0n) is 39.7. The highest BCUT2D eigenvalue weighted by Crippen LogP contribution is 2.26. The summed E-state index contributed by atoms with van der Waals surface area (Å²) in [6.07, 6.45) is 1.54. The number of carbonyl (C=O) groups is 10. The Kier molecular flexibility index (Phi) is 22.3. The fourth-order valence-corrected chi connectivity index (χ4v) is 7.95. The Labute approximate surface area is 382 Å². The molecule has 0 aliphatic carbocycles. The zero-order valence-corrected chi connectivity index (χ0v) is 39.7. The molecule has 0 unspecified atom stereocenters. The second-order valence-corrected chi connectivity index (χ2v) is 18.9. The highest BCUT2D eigenvalue weighted by molar-refractivity contribution is 5.99. The number of nitrogens with two attached hydrogens (primary N) is 1. The van der Waals surface area contributed by atoms with Gasteiger partial charge in [0.05, 0.1) is 19.0 Å². The fraction of sp³-hybridized carbons (Fsp3) is 0.773. The molecule has 368 valence electrons. The van der Waals surface area contributed by atoms with Crippen molar-refractivity contribution in [1.82, 2.24) is 41.7 Å². The van der Waals surface area contributed by atoms with Crippen LogP contribution in [0.3, 0.4) is 0 Å². The maximum atomic E-state index is 14.2. The van der Waals surface area contributed by atoms with Gasteiger partial charge in [-0.2, -0.15) is 0 Å². The average molecular weight is 922 g/mol. The number of rotatable bonds is 25. The van der Waals surface area contributed by atoms with Crippen LogP contribution in [-0.2, 0) is 47.9 Å². The van der Waals surface area contributed by atoms with Crippen molar-refractivity contribution in [3.63, 3.8) is 0 Å². The van der Waals surface area contributed by atoms with Gasteiger partial charge >= 0.3 is 11.9 Å². The Morgan fingerprint density at radius 2 is 1.14 bits per heavy atom. The van der Waals surface area contributed by atoms with Crippen LogP contribution in [0.4, 0.5) is 0 Å². The smallest absolute Gasteiger partial charge is 0.326 e. The molecular weight excluding hydrogens is 847 g/mol. The summed E-state index contributed by atoms with van der Waals surface area (Å²) in [5, 5.41) is 34.5. The molecule has 2 rings (SSSR count). The van der Waals surface area contributed by atoms with Gasteiger partial charge in [-0.1, -0.05) is 75.7 Å². The summed E-state index contributed by atoms with van der Waals surface area (Å²) in [4.78, 5) is 135. The summed E-state index contributed by atoms with van der Waals surface area (Å²) in [7, 11) is 0. The van der Waals surface area contributed by atoms with Crippen molar-refractivity contribution in [3.05, 3.63) is 0 Å². The van der Waals surface area contributed by atoms with Crippen LogP contribution >= 0.6 is 0 Å². The predicted molar refractivity (Wildman–Crippen MR) is 238 cm³/mol. The van der Waals surface area contributed by atoms with Gasteiger partial charge in [0.2, 0.25) is 47.3 Å². The summed E-state index contributed by atoms with van der Waals surface area (Å²) < 4.78 is 0. The van der Waals surface area contributed by atoms with Crippen LogP contribution in [0.15, 0.2) is 0 Å². The van der Waals surface area contributed by atoms with Crippen LogP contribution in [0, 0.1) is 29.6 Å². The number of aliphatic carboxylic acids is 2. The van der Waals surface area contributed by atoms with Crippen LogP contribution in [0.25, 0.3) is 0 Å². The number of nitrogens with one attached hydrogen (secondary N) is 6. The number of amides is 8. The molecule has 0 spiro atoms. The van der Waals surface area contributed by atoms with Gasteiger partial charge in [0.25, 0.3) is 0 Å². The first kappa shape index (κ1) is 55.8. The van der Waals surface area contributed by atoms with Crippen LogP contribution in [0.2, 0.25) is 0 Å². The van der Waals surface area contributed by atoms with E-state index < -0.39 is 132 Å². The minimum absolute atomic E-state index is 0.0882. The van der Waals surface area contributed by atoms with Gasteiger partial charge in [-0.05, 0) is 68.1 Å². The highest BCUT2D eigenvalue weighted by atomic mass is 16.4. The van der Waals surface area contributed by atoms with E-state index in [-0.39, 0.29) is 50.1 Å². The third kappa shape index (κ3) is 16.9. The molecule has 2 aliphatic rings. The molecule has 0 radical (unpaired) electrons. The number of carboxylic acids is 2. The van der Waals surface area contributed by atoms with E-state index in [9.17, 15) is 58.2 Å². The van der Waals surface area contributed by atoms with Crippen molar-refractivity contribution in [3.8, 4) is 0 Å². The third-order valence-corrected chi connectivity index (χ3v) is 11.8. The van der Waals surface area contributed by atoms with Crippen molar-refractivity contribution >= 4 is 59.2 Å². The Bertz CT molecular complexity index is 1720. The highest BCUT2D eigenvalue weighted by Gasteiger charge is 2.45. The van der Waals surface area contributed by atoms with E-state index in [0.717, 1.165) is 0 Å². The first-order chi connectivity index (χ1) is 30.3. The molecule has 2 heterocycles. The van der Waals surface area contributed by atoms with E-state index in [1.165, 1.54) is 9.80 Å². The normalized spacial score (nSPS) is 19.4. The Hall–Kier alpha value is -5.34. The minimum atomic E-state index is -1.69. The van der Waals surface area contributed by atoms with E-state index in [1.54, 1.807) is 48.5 Å². The molecule has 21 nitrogen and oxygen atoms in total. The van der Waals surface area contributed by atoms with Gasteiger partial charge in [0, 0.05) is 13.1 Å². The van der Waals surface area contributed by atoms with Gasteiger partial charge in [-0.3, -0.25) is 43.2 Å². The first-order valence-corrected chi connectivity index (χ1v) is 22.9. The van der Waals surface area contributed by atoms with Crippen LogP contribution in [-0.4, -0.2) is 147 Å². The van der Waals surface area contributed by atoms with E-state index in [2.05, 4.69) is 31.9 Å². The third-order valence-electron chi connectivity index (χ3n) is 11.8. The second-order valence-electron chi connectivity index (χ2n) is 18.9. The lowest BCUT2D eigenvalue weighted by Gasteiger charge is -2.34. The molecule has 9 atom stereocenters. The van der Waals surface area contributed by atoms with Crippen molar-refractivity contribution < 1.29 is 58.2 Å². The van der Waals surface area contributed by atoms with Gasteiger partial charge in [0.15, 0.2) is 0 Å². The standard InChI is InChI=1S/C44H75N9O12/c1-11-26(10)36(51-37(57)27(45)18-22(2)3)41(61)48-28(19-23(4)5)38(58)47-29(20-33(55)56)39(59)50-34(24(6)7)43(63)53-17-13-15-31(53)42(62)52-16-12-14-30(52)40(60)46-21-32(54)49-35(25(8)9)44(64)65/h22-31,34-36H,11-21,45H2,1-10H3,(H,46,60)(H,47,58)(H,48,61)(H,49,54)(H,50,59)(H,51,57)(H,55,56)(H,64,65)/t26-,27-,28-,29-,30-,31-,34-,35-,36-/m0/s1. The maximum Gasteiger partial charge on any atom is 0.326 e. The molecule has 65 heavy (non-hydrogen) atoms. The molecule has 8 amide bonds. The quantitative estimate of drug-likeness (QED) is 0.0576. The molecule has 2 fully saturated rings. The summed E-state index contributed by atoms with van der Waals surface area (Å²) in [6.45, 7) is 17.4. The van der Waals surface area contributed by atoms with Crippen molar-refractivity contribution in [2.75, 3.05) is 19.6 Å². The SMILES string of the molecule is CC[C@H](C)[C@H](NC(=O)[C@@H](N)CC(C)C)C(=O)N[C@@H](CC(C)C)C(=O)N[C@@H](CC(=O)O)C(=O)N[C@H](C(=O)N1CCC[C@H]1C(=O)N1CCC[C@H]1C(=O)NCC(=O)N[C@H](C(=O)O)C(C)C)C(C)C. The topological polar surface area (TPSA) is 316 Å². The molecule has 0 aromatic carbocycles. The Balaban J connectivity index is 2.25. The van der Waals surface area contributed by atoms with Gasteiger partial charge in [-0.25, -0.2) is 4.79 Å². The second kappa shape index (κ2) is 26.0. The molecule has 21 heteroatoms. The molecule has 2 aliphatic heterocycles. The number of hydrogen-bond acceptors (Lipinski definition) is 11. The number of nitrogens with zero attached hydrogens (tertiary/aromatic N) is 2. The maximum absolute atomic E-state index is 14.2. The van der Waals surface area contributed by atoms with E-state index >= 15 is 0 Å². The number of carbonyl (C=O) groups excluding carboxylic acids is 8. The summed E-state index contributed by atoms with van der Waals surface area (Å²) in [6, 6.07) is -9.24. The largest absolute Gasteiger partial charge is 0.481 e. The van der Waals surface area contributed by atoms with Crippen LogP contribution < -0.4 is 37.6 Å². The van der Waals surface area contributed by atoms with Gasteiger partial charge in [0.1, 0.15) is 42.3 Å². The monoisotopic (exact) mass is 922 g/mol. The fourth-order valence-electron chi connectivity index (χ4n) is 7.95. The summed E-state index contributed by atoms with van der Waals surface area (Å²) in [5.41, 5.74) is 6.08. The van der Waals surface area contributed by atoms with Gasteiger partial charge in [-0.15, -0.1) is 0 Å². The van der Waals surface area contributed by atoms with Crippen LogP contribution in [0.5, 0.6) is 0 Å². The summed E-state index contributed by atoms with van der Waals surface area (Å²) >= 11 is 0. The van der Waals surface area contributed by atoms with E-state index in [0.29, 0.717) is 25.7 Å². The van der Waals surface area contributed by atoms with E-state index in [1.807, 2.05) is 20.8 Å². The number of hydrogen-bond donors (Lipinski definition) is 9. The van der Waals surface area contributed by atoms with Gasteiger partial charge < -0.3 is 57.6 Å². The van der Waals surface area contributed by atoms with Crippen molar-refractivity contribution in [1.29, 1.82) is 0 Å². The lowest BCUT2D eigenvalue weighted by molar-refractivity contribution is -0.148.